The van der Waals surface area contributed by atoms with Gasteiger partial charge in [-0.3, -0.25) is 9.59 Å². The molecule has 0 saturated heterocycles. The van der Waals surface area contributed by atoms with E-state index in [-0.39, 0.29) is 16.3 Å². The summed E-state index contributed by atoms with van der Waals surface area (Å²) in [6.45, 7) is 6.65. The van der Waals surface area contributed by atoms with Gasteiger partial charge in [0.25, 0.3) is 0 Å². The van der Waals surface area contributed by atoms with Crippen LogP contribution in [0, 0.1) is 34.5 Å². The van der Waals surface area contributed by atoms with Crippen molar-refractivity contribution in [1.82, 2.24) is 0 Å². The summed E-state index contributed by atoms with van der Waals surface area (Å²) in [5.74, 6) is 3.29. The van der Waals surface area contributed by atoms with Crippen LogP contribution in [0.5, 0.6) is 0 Å². The molecule has 0 unspecified atom stereocenters. The Kier molecular flexibility index (Phi) is 4.31. The van der Waals surface area contributed by atoms with E-state index in [9.17, 15) is 9.59 Å². The van der Waals surface area contributed by atoms with Crippen molar-refractivity contribution in [2.45, 2.75) is 72.1 Å². The van der Waals surface area contributed by atoms with Crippen molar-refractivity contribution in [3.05, 3.63) is 11.6 Å². The van der Waals surface area contributed by atoms with Crippen molar-refractivity contribution in [2.75, 3.05) is 0 Å². The summed E-state index contributed by atoms with van der Waals surface area (Å²) in [6.07, 6.45) is 10.9. The molecule has 3 saturated carbocycles. The molecule has 0 spiro atoms. The number of hydrogen-bond donors (Lipinski definition) is 0. The van der Waals surface area contributed by atoms with Crippen LogP contribution in [0.4, 0.5) is 0 Å². The van der Waals surface area contributed by atoms with Crippen LogP contribution in [0.3, 0.4) is 0 Å². The average Bonchev–Trinajstić information content (AvgIpc) is 2.85. The lowest BCUT2D eigenvalue weighted by atomic mass is 9.47. The Morgan fingerprint density at radius 3 is 2.50 bits per heavy atom. The standard InChI is InChI=1S/C21H30O2.H2O/c1-13(22)17-6-7-18-16-5-4-14-12-15(23)8-10-20(14,2)19(16)9-11-21(17,18)3;/h12,16-19H,4-11H2,1-3H3;1H2/t16-,17+,18-,19-,20-,21+;/m0./s1. The first-order valence-electron chi connectivity index (χ1n) is 9.60. The van der Waals surface area contributed by atoms with Crippen LogP contribution in [0.2, 0.25) is 0 Å². The van der Waals surface area contributed by atoms with Crippen LogP contribution < -0.4 is 0 Å². The predicted octanol–water partition coefficient (Wildman–Crippen LogP) is 3.90. The number of allylic oxidation sites excluding steroid dienone is 1. The number of Topliss-reactive ketones (excluding diaryl/α,β-unsaturated/α-hetero) is 1. The molecular formula is C21H32O3. The Balaban J connectivity index is 0.00000169. The minimum Gasteiger partial charge on any atom is -0.412 e. The smallest absolute Gasteiger partial charge is 0.155 e. The van der Waals surface area contributed by atoms with Crippen molar-refractivity contribution in [3.63, 3.8) is 0 Å². The largest absolute Gasteiger partial charge is 0.412 e. The van der Waals surface area contributed by atoms with Gasteiger partial charge in [0, 0.05) is 12.3 Å². The summed E-state index contributed by atoms with van der Waals surface area (Å²) < 4.78 is 0. The molecule has 0 aromatic carbocycles. The SMILES string of the molecule is CC(=O)[C@H]1CC[C@H]2[C@@H]3CCC4=CC(=O)CC[C@]4(C)[C@H]3CC[C@]12C.O. The van der Waals surface area contributed by atoms with Crippen molar-refractivity contribution in [3.8, 4) is 0 Å². The molecule has 4 rings (SSSR count). The van der Waals surface area contributed by atoms with Crippen LogP contribution in [0.25, 0.3) is 0 Å². The summed E-state index contributed by atoms with van der Waals surface area (Å²) in [4.78, 5) is 24.0. The lowest BCUT2D eigenvalue weighted by molar-refractivity contribution is -0.128. The van der Waals surface area contributed by atoms with Gasteiger partial charge < -0.3 is 5.48 Å². The molecule has 0 aromatic rings. The van der Waals surface area contributed by atoms with E-state index in [1.807, 2.05) is 6.08 Å². The van der Waals surface area contributed by atoms with E-state index in [2.05, 4.69) is 13.8 Å². The monoisotopic (exact) mass is 332 g/mol. The third-order valence-corrected chi connectivity index (χ3v) is 8.45. The Hall–Kier alpha value is -0.960. The normalized spacial score (nSPS) is 47.0. The fourth-order valence-corrected chi connectivity index (χ4v) is 7.23. The van der Waals surface area contributed by atoms with Crippen LogP contribution >= 0.6 is 0 Å². The van der Waals surface area contributed by atoms with Crippen LogP contribution in [-0.4, -0.2) is 17.0 Å². The Morgan fingerprint density at radius 1 is 1.04 bits per heavy atom. The molecule has 4 aliphatic rings. The highest BCUT2D eigenvalue weighted by Gasteiger charge is 2.59. The Bertz CT molecular complexity index is 592. The Labute approximate surface area is 145 Å². The molecule has 0 radical (unpaired) electrons. The van der Waals surface area contributed by atoms with Crippen molar-refractivity contribution in [2.24, 2.45) is 34.5 Å². The third kappa shape index (κ3) is 2.27. The first-order valence-corrected chi connectivity index (χ1v) is 9.60. The van der Waals surface area contributed by atoms with E-state index in [4.69, 9.17) is 0 Å². The molecule has 0 heterocycles. The topological polar surface area (TPSA) is 65.6 Å². The first kappa shape index (κ1) is 17.8. The molecule has 3 fully saturated rings. The van der Waals surface area contributed by atoms with Gasteiger partial charge in [-0.05, 0) is 86.5 Å². The lowest BCUT2D eigenvalue weighted by Gasteiger charge is -2.58. The number of hydrogen-bond acceptors (Lipinski definition) is 2. The number of carbonyl (C=O) groups is 2. The van der Waals surface area contributed by atoms with Gasteiger partial charge in [0.2, 0.25) is 0 Å². The highest BCUT2D eigenvalue weighted by molar-refractivity contribution is 5.91. The number of carbonyl (C=O) groups excluding carboxylic acids is 2. The molecule has 4 aliphatic carbocycles. The number of fused-ring (bicyclic) bond motifs is 5. The fourth-order valence-electron chi connectivity index (χ4n) is 7.23. The predicted molar refractivity (Wildman–Crippen MR) is 94.5 cm³/mol. The summed E-state index contributed by atoms with van der Waals surface area (Å²) in [6, 6.07) is 0. The van der Waals surface area contributed by atoms with Gasteiger partial charge in [-0.1, -0.05) is 19.4 Å². The van der Waals surface area contributed by atoms with Gasteiger partial charge in [-0.15, -0.1) is 0 Å². The zero-order chi connectivity index (χ0) is 16.4. The molecule has 0 aliphatic heterocycles. The molecule has 134 valence electrons. The molecule has 6 atom stereocenters. The summed E-state index contributed by atoms with van der Waals surface area (Å²) in [7, 11) is 0. The number of rotatable bonds is 1. The maximum atomic E-state index is 12.1. The van der Waals surface area contributed by atoms with E-state index in [1.165, 1.54) is 31.3 Å². The highest BCUT2D eigenvalue weighted by Crippen LogP contribution is 2.66. The average molecular weight is 332 g/mol. The van der Waals surface area contributed by atoms with Gasteiger partial charge in [0.15, 0.2) is 5.78 Å². The summed E-state index contributed by atoms with van der Waals surface area (Å²) in [5, 5.41) is 0. The molecule has 0 aromatic heterocycles. The quantitative estimate of drug-likeness (QED) is 0.731. The molecule has 3 nitrogen and oxygen atoms in total. The van der Waals surface area contributed by atoms with E-state index >= 15 is 0 Å². The van der Waals surface area contributed by atoms with Crippen molar-refractivity contribution >= 4 is 11.6 Å². The third-order valence-electron chi connectivity index (χ3n) is 8.45. The van der Waals surface area contributed by atoms with Gasteiger partial charge in [-0.25, -0.2) is 0 Å². The van der Waals surface area contributed by atoms with Gasteiger partial charge in [0.1, 0.15) is 5.78 Å². The first-order chi connectivity index (χ1) is 10.9. The maximum Gasteiger partial charge on any atom is 0.155 e. The second-order valence-corrected chi connectivity index (χ2v) is 9.25. The van der Waals surface area contributed by atoms with Crippen LogP contribution in [-0.2, 0) is 9.59 Å². The van der Waals surface area contributed by atoms with E-state index in [0.29, 0.717) is 17.5 Å². The zero-order valence-corrected chi connectivity index (χ0v) is 15.4. The zero-order valence-electron chi connectivity index (χ0n) is 15.4. The second kappa shape index (κ2) is 5.79. The van der Waals surface area contributed by atoms with Crippen molar-refractivity contribution in [1.29, 1.82) is 0 Å². The highest BCUT2D eigenvalue weighted by atomic mass is 16.1. The maximum absolute atomic E-state index is 12.1. The molecule has 0 bridgehead atoms. The second-order valence-electron chi connectivity index (χ2n) is 9.25. The molecular weight excluding hydrogens is 300 g/mol. The molecule has 2 N–H and O–H groups in total. The van der Waals surface area contributed by atoms with Crippen LogP contribution in [0.15, 0.2) is 11.6 Å². The van der Waals surface area contributed by atoms with E-state index in [1.54, 1.807) is 6.92 Å². The van der Waals surface area contributed by atoms with E-state index in [0.717, 1.165) is 43.4 Å². The summed E-state index contributed by atoms with van der Waals surface area (Å²) in [5.41, 5.74) is 1.95. The number of ketones is 2. The molecule has 3 heteroatoms. The van der Waals surface area contributed by atoms with Crippen molar-refractivity contribution < 1.29 is 15.1 Å². The van der Waals surface area contributed by atoms with Gasteiger partial charge in [0.05, 0.1) is 0 Å². The lowest BCUT2D eigenvalue weighted by Crippen LogP contribution is -2.51. The van der Waals surface area contributed by atoms with Gasteiger partial charge >= 0.3 is 0 Å². The molecule has 24 heavy (non-hydrogen) atoms. The van der Waals surface area contributed by atoms with Gasteiger partial charge in [-0.2, -0.15) is 0 Å². The minimum atomic E-state index is 0. The fraction of sp³-hybridized carbons (Fsp3) is 0.810. The summed E-state index contributed by atoms with van der Waals surface area (Å²) >= 11 is 0. The van der Waals surface area contributed by atoms with Crippen LogP contribution in [0.1, 0.15) is 72.1 Å². The Morgan fingerprint density at radius 2 is 1.79 bits per heavy atom. The van der Waals surface area contributed by atoms with E-state index < -0.39 is 0 Å². The minimum absolute atomic E-state index is 0. The molecule has 0 amide bonds.